The van der Waals surface area contributed by atoms with Gasteiger partial charge in [-0.3, -0.25) is 9.59 Å². The van der Waals surface area contributed by atoms with E-state index in [0.717, 1.165) is 5.56 Å². The summed E-state index contributed by atoms with van der Waals surface area (Å²) in [5.41, 5.74) is 1.98. The lowest BCUT2D eigenvalue weighted by Gasteiger charge is -2.38. The van der Waals surface area contributed by atoms with E-state index in [4.69, 9.17) is 4.74 Å². The van der Waals surface area contributed by atoms with Gasteiger partial charge in [-0.2, -0.15) is 0 Å². The van der Waals surface area contributed by atoms with Gasteiger partial charge in [0.15, 0.2) is 0 Å². The Morgan fingerprint density at radius 2 is 1.79 bits per heavy atom. The first-order valence-corrected chi connectivity index (χ1v) is 9.40. The number of anilines is 1. The van der Waals surface area contributed by atoms with Gasteiger partial charge in [0.1, 0.15) is 0 Å². The predicted octanol–water partition coefficient (Wildman–Crippen LogP) is 3.41. The van der Waals surface area contributed by atoms with Gasteiger partial charge in [0.25, 0.3) is 0 Å². The monoisotopic (exact) mass is 380 g/mol. The Hall–Kier alpha value is -3.15. The molecule has 2 aromatic rings. The molecule has 28 heavy (non-hydrogen) atoms. The summed E-state index contributed by atoms with van der Waals surface area (Å²) < 4.78 is 4.97. The highest BCUT2D eigenvalue weighted by atomic mass is 16.5. The highest BCUT2D eigenvalue weighted by molar-refractivity contribution is 5.95. The average molecular weight is 380 g/mol. The van der Waals surface area contributed by atoms with Gasteiger partial charge in [0, 0.05) is 19.2 Å². The van der Waals surface area contributed by atoms with E-state index in [9.17, 15) is 14.4 Å². The van der Waals surface area contributed by atoms with Crippen LogP contribution >= 0.6 is 0 Å². The summed E-state index contributed by atoms with van der Waals surface area (Å²) in [6.07, 6.45) is 0.842. The van der Waals surface area contributed by atoms with Crippen LogP contribution < -0.4 is 5.32 Å². The van der Waals surface area contributed by atoms with E-state index >= 15 is 0 Å². The van der Waals surface area contributed by atoms with Gasteiger partial charge in [-0.15, -0.1) is 0 Å². The van der Waals surface area contributed by atoms with Gasteiger partial charge in [-0.05, 0) is 43.2 Å². The van der Waals surface area contributed by atoms with Gasteiger partial charge in [-0.1, -0.05) is 30.3 Å². The normalized spacial score (nSPS) is 19.2. The number of rotatable bonds is 5. The van der Waals surface area contributed by atoms with E-state index in [1.54, 1.807) is 43.1 Å². The maximum atomic E-state index is 13.0. The molecule has 0 unspecified atom stereocenters. The number of likely N-dealkylation sites (tertiary alicyclic amines) is 1. The van der Waals surface area contributed by atoms with Crippen LogP contribution in [0.1, 0.15) is 41.7 Å². The van der Waals surface area contributed by atoms with E-state index in [-0.39, 0.29) is 23.8 Å². The highest BCUT2D eigenvalue weighted by Gasteiger charge is 2.38. The minimum atomic E-state index is -0.392. The molecule has 3 rings (SSSR count). The van der Waals surface area contributed by atoms with Crippen LogP contribution in [-0.2, 0) is 14.3 Å². The Balaban J connectivity index is 1.76. The van der Waals surface area contributed by atoms with Gasteiger partial charge in [0.2, 0.25) is 11.8 Å². The maximum Gasteiger partial charge on any atom is 0.338 e. The van der Waals surface area contributed by atoms with Crippen molar-refractivity contribution in [3.8, 4) is 0 Å². The molecule has 1 heterocycles. The lowest BCUT2D eigenvalue weighted by Crippen LogP contribution is -2.44. The first-order valence-electron chi connectivity index (χ1n) is 9.40. The van der Waals surface area contributed by atoms with Gasteiger partial charge in [0.05, 0.1) is 24.1 Å². The zero-order chi connectivity index (χ0) is 20.1. The van der Waals surface area contributed by atoms with Crippen LogP contribution in [0, 0.1) is 5.92 Å². The summed E-state index contributed by atoms with van der Waals surface area (Å²) in [6.45, 7) is 2.06. The number of benzene rings is 2. The van der Waals surface area contributed by atoms with Crippen LogP contribution in [0.5, 0.6) is 0 Å². The molecule has 6 heteroatoms. The zero-order valence-corrected chi connectivity index (χ0v) is 16.1. The number of hydrogen-bond acceptors (Lipinski definition) is 4. The molecule has 1 aliphatic heterocycles. The molecule has 0 bridgehead atoms. The fourth-order valence-corrected chi connectivity index (χ4v) is 3.56. The molecule has 2 amide bonds. The smallest absolute Gasteiger partial charge is 0.338 e. The van der Waals surface area contributed by atoms with Crippen molar-refractivity contribution in [3.63, 3.8) is 0 Å². The molecule has 1 fully saturated rings. The molecular weight excluding hydrogens is 356 g/mol. The van der Waals surface area contributed by atoms with Crippen LogP contribution in [0.15, 0.2) is 54.6 Å². The Kier molecular flexibility index (Phi) is 6.09. The quantitative estimate of drug-likeness (QED) is 0.807. The number of nitrogens with one attached hydrogen (secondary N) is 1. The number of hydrogen-bond donors (Lipinski definition) is 1. The van der Waals surface area contributed by atoms with Crippen molar-refractivity contribution in [1.82, 2.24) is 4.90 Å². The van der Waals surface area contributed by atoms with Crippen LogP contribution in [0.3, 0.4) is 0 Å². The second-order valence-electron chi connectivity index (χ2n) is 6.79. The third kappa shape index (κ3) is 4.22. The number of carbonyl (C=O) groups is 3. The zero-order valence-electron chi connectivity index (χ0n) is 16.1. The minimum Gasteiger partial charge on any atom is -0.462 e. The summed E-state index contributed by atoms with van der Waals surface area (Å²) in [7, 11) is 1.74. The lowest BCUT2D eigenvalue weighted by atomic mass is 9.84. The molecule has 2 atom stereocenters. The fraction of sp³-hybridized carbons (Fsp3) is 0.318. The number of nitrogens with zero attached hydrogens (tertiary/aromatic N) is 1. The first-order chi connectivity index (χ1) is 13.5. The highest BCUT2D eigenvalue weighted by Crippen LogP contribution is 2.36. The summed E-state index contributed by atoms with van der Waals surface area (Å²) in [6, 6.07) is 15.9. The lowest BCUT2D eigenvalue weighted by molar-refractivity contribution is -0.140. The molecule has 0 spiro atoms. The number of carbonyl (C=O) groups excluding carboxylic acids is 3. The van der Waals surface area contributed by atoms with E-state index < -0.39 is 5.97 Å². The molecule has 6 nitrogen and oxygen atoms in total. The second kappa shape index (κ2) is 8.69. The Morgan fingerprint density at radius 1 is 1.11 bits per heavy atom. The molecule has 2 aromatic carbocycles. The predicted molar refractivity (Wildman–Crippen MR) is 106 cm³/mol. The van der Waals surface area contributed by atoms with Crippen molar-refractivity contribution < 1.29 is 19.1 Å². The van der Waals surface area contributed by atoms with E-state index in [1.807, 2.05) is 30.3 Å². The third-order valence-corrected chi connectivity index (χ3v) is 5.00. The average Bonchev–Trinajstić information content (AvgIpc) is 2.71. The van der Waals surface area contributed by atoms with Crippen molar-refractivity contribution in [1.29, 1.82) is 0 Å². The van der Waals surface area contributed by atoms with E-state index in [0.29, 0.717) is 30.7 Å². The molecule has 1 N–H and O–H groups in total. The number of ether oxygens (including phenoxy) is 1. The van der Waals surface area contributed by atoms with Crippen molar-refractivity contribution in [3.05, 3.63) is 65.7 Å². The molecule has 0 radical (unpaired) electrons. The van der Waals surface area contributed by atoms with Gasteiger partial charge < -0.3 is 15.0 Å². The second-order valence-corrected chi connectivity index (χ2v) is 6.79. The standard InChI is InChI=1S/C22H24N2O4/c1-3-28-22(27)16-9-11-17(12-10-16)23-21(26)18-13-14-19(25)24(2)20(18)15-7-5-4-6-8-15/h4-12,18,20H,3,13-14H2,1-2H3,(H,23,26)/t18-,20+/m1/s1. The van der Waals surface area contributed by atoms with Crippen molar-refractivity contribution >= 4 is 23.5 Å². The van der Waals surface area contributed by atoms with Gasteiger partial charge in [-0.25, -0.2) is 4.79 Å². The Morgan fingerprint density at radius 3 is 2.43 bits per heavy atom. The van der Waals surface area contributed by atoms with E-state index in [2.05, 4.69) is 5.32 Å². The summed E-state index contributed by atoms with van der Waals surface area (Å²) in [4.78, 5) is 38.6. The SMILES string of the molecule is CCOC(=O)c1ccc(NC(=O)[C@@H]2CCC(=O)N(C)[C@H]2c2ccccc2)cc1. The Labute approximate surface area is 164 Å². The summed E-state index contributed by atoms with van der Waals surface area (Å²) >= 11 is 0. The molecule has 1 aliphatic rings. The molecule has 146 valence electrons. The minimum absolute atomic E-state index is 0.0386. The van der Waals surface area contributed by atoms with Crippen LogP contribution in [0.25, 0.3) is 0 Å². The molecule has 1 saturated heterocycles. The fourth-order valence-electron chi connectivity index (χ4n) is 3.56. The van der Waals surface area contributed by atoms with Crippen LogP contribution in [-0.4, -0.2) is 36.3 Å². The van der Waals surface area contributed by atoms with Crippen molar-refractivity contribution in [2.24, 2.45) is 5.92 Å². The molecular formula is C22H24N2O4. The summed E-state index contributed by atoms with van der Waals surface area (Å²) in [5.74, 6) is -0.847. The maximum absolute atomic E-state index is 13.0. The molecule has 0 aromatic heterocycles. The van der Waals surface area contributed by atoms with Crippen molar-refractivity contribution in [2.75, 3.05) is 19.0 Å². The van der Waals surface area contributed by atoms with Gasteiger partial charge >= 0.3 is 5.97 Å². The Bertz CT molecular complexity index is 849. The number of amides is 2. The first kappa shape index (κ1) is 19.6. The molecule has 0 aliphatic carbocycles. The van der Waals surface area contributed by atoms with Crippen molar-refractivity contribution in [2.45, 2.75) is 25.8 Å². The number of piperidine rings is 1. The number of esters is 1. The van der Waals surface area contributed by atoms with E-state index in [1.165, 1.54) is 0 Å². The summed E-state index contributed by atoms with van der Waals surface area (Å²) in [5, 5.41) is 2.92. The van der Waals surface area contributed by atoms with Crippen LogP contribution in [0.2, 0.25) is 0 Å². The largest absolute Gasteiger partial charge is 0.462 e. The van der Waals surface area contributed by atoms with Crippen LogP contribution in [0.4, 0.5) is 5.69 Å². The topological polar surface area (TPSA) is 75.7 Å². The molecule has 0 saturated carbocycles. The third-order valence-electron chi connectivity index (χ3n) is 5.00.